The monoisotopic (exact) mass is 505 g/mol. The molecular weight excluding hydrogens is 476 g/mol. The van der Waals surface area contributed by atoms with E-state index in [-0.39, 0.29) is 6.42 Å². The van der Waals surface area contributed by atoms with Crippen LogP contribution in [0, 0.1) is 6.92 Å². The Morgan fingerprint density at radius 2 is 1.78 bits per heavy atom. The van der Waals surface area contributed by atoms with Gasteiger partial charge in [-0.3, -0.25) is 4.90 Å². The minimum atomic E-state index is -2.24. The minimum Gasteiger partial charge on any atom is -0.508 e. The SMILES string of the molecule is Cc1c(Cl)cccc1C1=C(c2ccc(C=C3CN(CCC(F)F)C3)cc2)c2ccc(O)cc2CCC1. The van der Waals surface area contributed by atoms with E-state index in [4.69, 9.17) is 11.6 Å². The van der Waals surface area contributed by atoms with Gasteiger partial charge in [-0.15, -0.1) is 0 Å². The molecule has 0 saturated carbocycles. The molecule has 36 heavy (non-hydrogen) atoms. The van der Waals surface area contributed by atoms with Gasteiger partial charge < -0.3 is 5.11 Å². The van der Waals surface area contributed by atoms with Crippen LogP contribution < -0.4 is 0 Å². The van der Waals surface area contributed by atoms with E-state index in [0.717, 1.165) is 65.2 Å². The molecule has 186 valence electrons. The van der Waals surface area contributed by atoms with Crippen LogP contribution >= 0.6 is 11.6 Å². The number of allylic oxidation sites excluding steroid dienone is 1. The maximum absolute atomic E-state index is 12.4. The molecule has 1 fully saturated rings. The Morgan fingerprint density at radius 1 is 1.00 bits per heavy atom. The van der Waals surface area contributed by atoms with Crippen molar-refractivity contribution in [2.24, 2.45) is 0 Å². The van der Waals surface area contributed by atoms with E-state index in [2.05, 4.69) is 48.2 Å². The van der Waals surface area contributed by atoms with Crippen LogP contribution in [0.2, 0.25) is 5.02 Å². The normalized spacial score (nSPS) is 16.1. The number of aryl methyl sites for hydroxylation is 1. The zero-order valence-corrected chi connectivity index (χ0v) is 21.2. The molecule has 3 aromatic carbocycles. The Balaban J connectivity index is 1.50. The van der Waals surface area contributed by atoms with Crippen molar-refractivity contribution in [1.82, 2.24) is 4.90 Å². The molecule has 0 aromatic heterocycles. The number of rotatable bonds is 6. The summed E-state index contributed by atoms with van der Waals surface area (Å²) in [6.07, 6.45) is 2.68. The minimum absolute atomic E-state index is 0.0647. The van der Waals surface area contributed by atoms with Gasteiger partial charge in [0.05, 0.1) is 0 Å². The first kappa shape index (κ1) is 24.7. The molecule has 1 aliphatic carbocycles. The molecule has 1 N–H and O–H groups in total. The van der Waals surface area contributed by atoms with Gasteiger partial charge in [-0.1, -0.05) is 60.1 Å². The fourth-order valence-corrected chi connectivity index (χ4v) is 5.52. The molecule has 0 unspecified atom stereocenters. The van der Waals surface area contributed by atoms with Gasteiger partial charge in [0, 0.05) is 31.1 Å². The van der Waals surface area contributed by atoms with Crippen LogP contribution in [0.25, 0.3) is 17.2 Å². The number of hydrogen-bond donors (Lipinski definition) is 1. The zero-order valence-electron chi connectivity index (χ0n) is 20.4. The summed E-state index contributed by atoms with van der Waals surface area (Å²) in [7, 11) is 0. The molecule has 5 heteroatoms. The quantitative estimate of drug-likeness (QED) is 0.367. The summed E-state index contributed by atoms with van der Waals surface area (Å²) in [5, 5.41) is 10.9. The maximum Gasteiger partial charge on any atom is 0.239 e. The van der Waals surface area contributed by atoms with Gasteiger partial charge in [-0.05, 0) is 94.5 Å². The molecular formula is C31H30ClF2NO. The summed E-state index contributed by atoms with van der Waals surface area (Å²) in [5.74, 6) is 0.292. The Hall–Kier alpha value is -2.95. The van der Waals surface area contributed by atoms with E-state index in [1.54, 1.807) is 6.07 Å². The summed E-state index contributed by atoms with van der Waals surface area (Å²) in [6.45, 7) is 4.04. The number of halogens is 3. The summed E-state index contributed by atoms with van der Waals surface area (Å²) in [6, 6.07) is 20.4. The third-order valence-electron chi connectivity index (χ3n) is 7.21. The van der Waals surface area contributed by atoms with E-state index >= 15 is 0 Å². The predicted molar refractivity (Wildman–Crippen MR) is 145 cm³/mol. The second kappa shape index (κ2) is 10.6. The highest BCUT2D eigenvalue weighted by Gasteiger charge is 2.23. The molecule has 0 amide bonds. The molecule has 0 bridgehead atoms. The highest BCUT2D eigenvalue weighted by Crippen LogP contribution is 2.42. The molecule has 2 nitrogen and oxygen atoms in total. The largest absolute Gasteiger partial charge is 0.508 e. The molecule has 1 saturated heterocycles. The average molecular weight is 506 g/mol. The van der Waals surface area contributed by atoms with Crippen molar-refractivity contribution in [2.75, 3.05) is 19.6 Å². The lowest BCUT2D eigenvalue weighted by molar-refractivity contribution is 0.111. The lowest BCUT2D eigenvalue weighted by Crippen LogP contribution is -2.40. The van der Waals surface area contributed by atoms with Gasteiger partial charge in [0.2, 0.25) is 6.43 Å². The topological polar surface area (TPSA) is 23.5 Å². The molecule has 0 radical (unpaired) electrons. The van der Waals surface area contributed by atoms with E-state index < -0.39 is 6.43 Å². The zero-order chi connectivity index (χ0) is 25.2. The summed E-state index contributed by atoms with van der Waals surface area (Å²) < 4.78 is 24.9. The van der Waals surface area contributed by atoms with Crippen LogP contribution in [0.3, 0.4) is 0 Å². The van der Waals surface area contributed by atoms with Crippen molar-refractivity contribution in [3.8, 4) is 5.75 Å². The number of nitrogens with zero attached hydrogens (tertiary/aromatic N) is 1. The van der Waals surface area contributed by atoms with Gasteiger partial charge in [0.25, 0.3) is 0 Å². The highest BCUT2D eigenvalue weighted by atomic mass is 35.5. The van der Waals surface area contributed by atoms with Gasteiger partial charge in [0.15, 0.2) is 0 Å². The number of aromatic hydroxyl groups is 1. The average Bonchev–Trinajstić information content (AvgIpc) is 3.01. The van der Waals surface area contributed by atoms with Crippen molar-refractivity contribution < 1.29 is 13.9 Å². The van der Waals surface area contributed by atoms with E-state index in [1.165, 1.54) is 22.3 Å². The van der Waals surface area contributed by atoms with Crippen molar-refractivity contribution in [1.29, 1.82) is 0 Å². The highest BCUT2D eigenvalue weighted by molar-refractivity contribution is 6.31. The molecule has 3 aromatic rings. The number of hydrogen-bond acceptors (Lipinski definition) is 2. The van der Waals surface area contributed by atoms with E-state index in [1.807, 2.05) is 24.3 Å². The second-order valence-corrected chi connectivity index (χ2v) is 10.2. The van der Waals surface area contributed by atoms with Gasteiger partial charge >= 0.3 is 0 Å². The number of likely N-dealkylation sites (tertiary alicyclic amines) is 1. The maximum atomic E-state index is 12.4. The van der Waals surface area contributed by atoms with Crippen LogP contribution in [-0.2, 0) is 6.42 Å². The van der Waals surface area contributed by atoms with E-state index in [9.17, 15) is 13.9 Å². The number of phenols is 1. The van der Waals surface area contributed by atoms with Crippen molar-refractivity contribution in [2.45, 2.75) is 39.0 Å². The Morgan fingerprint density at radius 3 is 2.53 bits per heavy atom. The van der Waals surface area contributed by atoms with Crippen LogP contribution in [0.1, 0.15) is 52.6 Å². The number of fused-ring (bicyclic) bond motifs is 1. The fraction of sp³-hybridized carbons (Fsp3) is 0.290. The van der Waals surface area contributed by atoms with Crippen molar-refractivity contribution >= 4 is 28.8 Å². The lowest BCUT2D eigenvalue weighted by atomic mass is 9.86. The first-order chi connectivity index (χ1) is 17.4. The molecule has 0 spiro atoms. The standard InChI is InChI=1S/C31H30ClF2NO/c1-20-26(5-3-7-29(20)32)28-6-2-4-24-17-25(36)12-13-27(24)31(28)23-10-8-21(9-11-23)16-22-18-35(19-22)15-14-30(33)34/h3,5,7-13,16-17,30,36H,2,4,6,14-15,18-19H2,1H3. The van der Waals surface area contributed by atoms with Crippen LogP contribution in [-0.4, -0.2) is 36.1 Å². The summed E-state index contributed by atoms with van der Waals surface area (Å²) in [4.78, 5) is 2.05. The molecule has 0 atom stereocenters. The molecule has 1 heterocycles. The first-order valence-corrected chi connectivity index (χ1v) is 12.9. The third kappa shape index (κ3) is 5.25. The summed E-state index contributed by atoms with van der Waals surface area (Å²) >= 11 is 6.52. The Labute approximate surface area is 216 Å². The van der Waals surface area contributed by atoms with Crippen molar-refractivity contribution in [3.63, 3.8) is 0 Å². The van der Waals surface area contributed by atoms with Crippen molar-refractivity contribution in [3.05, 3.63) is 105 Å². The fourth-order valence-electron chi connectivity index (χ4n) is 5.35. The number of alkyl halides is 2. The number of benzene rings is 3. The molecule has 5 rings (SSSR count). The van der Waals surface area contributed by atoms with Gasteiger partial charge in [-0.25, -0.2) is 8.78 Å². The lowest BCUT2D eigenvalue weighted by Gasteiger charge is -2.34. The number of phenolic OH excluding ortho intramolecular Hbond substituents is 1. The van der Waals surface area contributed by atoms with E-state index in [0.29, 0.717) is 12.3 Å². The van der Waals surface area contributed by atoms with Gasteiger partial charge in [0.1, 0.15) is 5.75 Å². The Kier molecular flexibility index (Phi) is 7.27. The molecule has 1 aliphatic heterocycles. The smallest absolute Gasteiger partial charge is 0.239 e. The molecule has 2 aliphatic rings. The third-order valence-corrected chi connectivity index (χ3v) is 7.62. The second-order valence-electron chi connectivity index (χ2n) is 9.78. The summed E-state index contributed by atoms with van der Waals surface area (Å²) in [5.41, 5.74) is 10.5. The van der Waals surface area contributed by atoms with Crippen LogP contribution in [0.15, 0.2) is 66.2 Å². The van der Waals surface area contributed by atoms with Gasteiger partial charge in [-0.2, -0.15) is 0 Å². The first-order valence-electron chi connectivity index (χ1n) is 12.5. The predicted octanol–water partition coefficient (Wildman–Crippen LogP) is 8.00. The van der Waals surface area contributed by atoms with Crippen LogP contribution in [0.4, 0.5) is 8.78 Å². The van der Waals surface area contributed by atoms with Crippen LogP contribution in [0.5, 0.6) is 5.75 Å². The Bertz CT molecular complexity index is 1320.